The van der Waals surface area contributed by atoms with Crippen molar-refractivity contribution < 1.29 is 17.4 Å². The van der Waals surface area contributed by atoms with E-state index in [4.69, 9.17) is 0 Å². The van der Waals surface area contributed by atoms with E-state index in [0.717, 1.165) is 0 Å². The van der Waals surface area contributed by atoms with Crippen molar-refractivity contribution in [1.29, 1.82) is 0 Å². The van der Waals surface area contributed by atoms with Crippen molar-refractivity contribution >= 4 is 65.5 Å². The van der Waals surface area contributed by atoms with Gasteiger partial charge in [0.1, 0.15) is 0 Å². The third-order valence-electron chi connectivity index (χ3n) is 6.86. The molecule has 6 heteroatoms. The minimum Gasteiger partial charge on any atom is -0.147 e. The number of allylic oxidation sites excluding steroid dienone is 8. The molecular formula is C24H32Cl2S2SiZr. The predicted octanol–water partition coefficient (Wildman–Crippen LogP) is 8.30. The average molecular weight is 575 g/mol. The second-order valence-corrected chi connectivity index (χ2v) is 39.8. The summed E-state index contributed by atoms with van der Waals surface area (Å²) in [6, 6.07) is 9.02. The van der Waals surface area contributed by atoms with Crippen LogP contribution in [0.25, 0.3) is 11.1 Å². The first-order valence-electron chi connectivity index (χ1n) is 10.1. The Bertz CT molecular complexity index is 1040. The first kappa shape index (κ1) is 26.3. The molecule has 2 unspecified atom stereocenters. The summed E-state index contributed by atoms with van der Waals surface area (Å²) in [4.78, 5) is 2.89. The molecule has 2 aliphatic rings. The van der Waals surface area contributed by atoms with Gasteiger partial charge >= 0.3 is 182 Å². The van der Waals surface area contributed by atoms with E-state index in [9.17, 15) is 0 Å². The van der Waals surface area contributed by atoms with Crippen molar-refractivity contribution in [1.82, 2.24) is 0 Å². The van der Waals surface area contributed by atoms with Crippen LogP contribution >= 0.6 is 47.5 Å². The van der Waals surface area contributed by atoms with E-state index in [-0.39, 0.29) is 24.8 Å². The zero-order valence-corrected chi connectivity index (χ0v) is 25.8. The second kappa shape index (κ2) is 9.12. The molecule has 0 bridgehead atoms. The van der Waals surface area contributed by atoms with E-state index in [1.807, 2.05) is 22.7 Å². The van der Waals surface area contributed by atoms with Gasteiger partial charge in [-0.1, -0.05) is 0 Å². The van der Waals surface area contributed by atoms with Crippen LogP contribution in [0.4, 0.5) is 0 Å². The maximum atomic E-state index is 2.69. The molecule has 4 rings (SSSR count). The molecule has 0 saturated heterocycles. The average Bonchev–Trinajstić information content (AvgIpc) is 3.37. The molecule has 2 aromatic heterocycles. The van der Waals surface area contributed by atoms with Crippen LogP contribution in [0.3, 0.4) is 0 Å². The molecule has 2 aromatic rings. The Morgan fingerprint density at radius 3 is 1.43 bits per heavy atom. The van der Waals surface area contributed by atoms with Crippen molar-refractivity contribution in [3.05, 3.63) is 74.6 Å². The topological polar surface area (TPSA) is 0 Å². The van der Waals surface area contributed by atoms with Crippen LogP contribution in [0.2, 0.25) is 9.26 Å². The van der Waals surface area contributed by atoms with Gasteiger partial charge < -0.3 is 0 Å². The Hall–Kier alpha value is 0.0400. The molecule has 30 heavy (non-hydrogen) atoms. The van der Waals surface area contributed by atoms with E-state index in [0.29, 0.717) is 11.8 Å². The van der Waals surface area contributed by atoms with Gasteiger partial charge in [-0.15, -0.1) is 24.8 Å². The van der Waals surface area contributed by atoms with Gasteiger partial charge in [-0.2, -0.15) is 0 Å². The van der Waals surface area contributed by atoms with Crippen LogP contribution in [0.5, 0.6) is 0 Å². The van der Waals surface area contributed by atoms with Crippen molar-refractivity contribution in [3.8, 4) is 0 Å². The quantitative estimate of drug-likeness (QED) is 0.322. The summed E-state index contributed by atoms with van der Waals surface area (Å²) in [6.07, 6.45) is 4.98. The molecule has 0 aromatic carbocycles. The minimum absolute atomic E-state index is 0. The van der Waals surface area contributed by atoms with E-state index >= 15 is 0 Å². The molecule has 2 atom stereocenters. The third-order valence-corrected chi connectivity index (χ3v) is 25.1. The fraction of sp³-hybridized carbons (Fsp3) is 0.333. The fourth-order valence-corrected chi connectivity index (χ4v) is 27.2. The number of thiophene rings is 2. The van der Waals surface area contributed by atoms with Gasteiger partial charge in [-0.3, -0.25) is 0 Å². The number of hydrogen-bond donors (Lipinski definition) is 0. The maximum Gasteiger partial charge on any atom is -0.147 e. The monoisotopic (exact) mass is 572 g/mol. The Kier molecular flexibility index (Phi) is 7.99. The number of halogens is 2. The number of rotatable bonds is 4. The van der Waals surface area contributed by atoms with Crippen molar-refractivity contribution in [2.45, 2.75) is 37.0 Å². The summed E-state index contributed by atoms with van der Waals surface area (Å²) >= 11 is 0.370. The molecule has 0 saturated carbocycles. The van der Waals surface area contributed by atoms with Gasteiger partial charge in [0.2, 0.25) is 0 Å². The minimum atomic E-state index is -3.41. The molecule has 0 fully saturated rings. The van der Waals surface area contributed by atoms with Gasteiger partial charge in [0.25, 0.3) is 0 Å². The first-order valence-corrected chi connectivity index (χ1v) is 25.2. The standard InChI is InChI=1S/2C11H11S.2CH3.2ClH.H2Si.Zr/c2*1-8-6-10(7-9(8)2)11-4-3-5-12-11;;;;;;/h2*3-6,9H,1-2H3;2*1H3;2*1H;1H2;. The molecule has 2 heterocycles. The molecular weight excluding hydrogens is 543 g/mol. The smallest absolute Gasteiger partial charge is 0.147 e. The summed E-state index contributed by atoms with van der Waals surface area (Å²) < 4.78 is 8.97. The van der Waals surface area contributed by atoms with Crippen molar-refractivity contribution in [3.63, 3.8) is 0 Å². The SMILES string of the molecule is CC1=CC(c2cccs2)=[C]([Zr]([CH3])([CH3])(=[SiH2])[C]2=C(c3cccs3)C=C(C)C2C)C1C.Cl.Cl. The zero-order chi connectivity index (χ0) is 20.3. The van der Waals surface area contributed by atoms with Gasteiger partial charge in [0.05, 0.1) is 0 Å². The largest absolute Gasteiger partial charge is 0.147 e. The summed E-state index contributed by atoms with van der Waals surface area (Å²) in [7, 11) is 0. The molecule has 2 aliphatic carbocycles. The molecule has 162 valence electrons. The van der Waals surface area contributed by atoms with Gasteiger partial charge in [0.15, 0.2) is 0 Å². The van der Waals surface area contributed by atoms with E-state index in [2.05, 4.69) is 91.0 Å². The van der Waals surface area contributed by atoms with Crippen LogP contribution in [0, 0.1) is 11.8 Å². The zero-order valence-electron chi connectivity index (χ0n) is 18.6. The second-order valence-electron chi connectivity index (χ2n) is 9.52. The Balaban J connectivity index is 0.00000160. The molecule has 0 nitrogen and oxygen atoms in total. The molecule has 0 aliphatic heterocycles. The Morgan fingerprint density at radius 2 is 1.13 bits per heavy atom. The van der Waals surface area contributed by atoms with E-state index in [1.54, 1.807) is 17.7 Å². The van der Waals surface area contributed by atoms with Crippen LogP contribution in [-0.4, -0.2) is 6.88 Å². The van der Waals surface area contributed by atoms with Crippen molar-refractivity contribution in [2.24, 2.45) is 11.8 Å². The van der Waals surface area contributed by atoms with Gasteiger partial charge in [-0.25, -0.2) is 0 Å². The Morgan fingerprint density at radius 1 is 0.767 bits per heavy atom. The van der Waals surface area contributed by atoms with Crippen molar-refractivity contribution in [2.75, 3.05) is 0 Å². The maximum absolute atomic E-state index is 3.41. The molecule has 0 N–H and O–H groups in total. The van der Waals surface area contributed by atoms with Crippen LogP contribution < -0.4 is 0 Å². The predicted molar refractivity (Wildman–Crippen MR) is 143 cm³/mol. The van der Waals surface area contributed by atoms with Crippen LogP contribution in [0.1, 0.15) is 37.4 Å². The molecule has 0 spiro atoms. The Labute approximate surface area is 204 Å². The summed E-state index contributed by atoms with van der Waals surface area (Å²) in [6.45, 7) is 12.0. The molecule has 0 radical (unpaired) electrons. The van der Waals surface area contributed by atoms with E-state index < -0.39 is 17.4 Å². The number of hydrogen-bond acceptors (Lipinski definition) is 2. The van der Waals surface area contributed by atoms with Gasteiger partial charge in [-0.05, 0) is 0 Å². The third kappa shape index (κ3) is 4.18. The first-order chi connectivity index (χ1) is 13.1. The summed E-state index contributed by atoms with van der Waals surface area (Å²) in [5, 5.41) is 4.44. The molecule has 0 amide bonds. The van der Waals surface area contributed by atoms with E-state index in [1.165, 1.54) is 20.9 Å². The van der Waals surface area contributed by atoms with Crippen LogP contribution in [-0.2, 0) is 17.4 Å². The van der Waals surface area contributed by atoms with Gasteiger partial charge in [0, 0.05) is 0 Å². The fourth-order valence-electron chi connectivity index (χ4n) is 5.45. The summed E-state index contributed by atoms with van der Waals surface area (Å²) in [5.41, 5.74) is 6.14. The normalized spacial score (nSPS) is 22.0. The van der Waals surface area contributed by atoms with Crippen LogP contribution in [0.15, 0.2) is 64.9 Å². The summed E-state index contributed by atoms with van der Waals surface area (Å²) in [5.74, 6) is 1.11.